The Kier molecular flexibility index (Phi) is 6.96. The van der Waals surface area contributed by atoms with Crippen LogP contribution in [0.1, 0.15) is 28.2 Å². The van der Waals surface area contributed by atoms with Crippen molar-refractivity contribution in [1.29, 1.82) is 0 Å². The van der Waals surface area contributed by atoms with E-state index in [1.807, 2.05) is 0 Å². The molecule has 0 fully saturated rings. The number of methoxy groups -OCH3 is 2. The Morgan fingerprint density at radius 2 is 1.87 bits per heavy atom. The second-order valence-electron chi connectivity index (χ2n) is 6.52. The van der Waals surface area contributed by atoms with Crippen LogP contribution in [0.15, 0.2) is 47.0 Å². The predicted molar refractivity (Wildman–Crippen MR) is 106 cm³/mol. The van der Waals surface area contributed by atoms with Gasteiger partial charge in [0.1, 0.15) is 22.9 Å². The molecule has 0 aliphatic rings. The van der Waals surface area contributed by atoms with Crippen LogP contribution in [-0.2, 0) is 22.5 Å². The van der Waals surface area contributed by atoms with Crippen LogP contribution in [0.5, 0.6) is 5.75 Å². The second kappa shape index (κ2) is 9.84. The van der Waals surface area contributed by atoms with Crippen molar-refractivity contribution in [1.82, 2.24) is 10.3 Å². The molecule has 0 unspecified atom stereocenters. The van der Waals surface area contributed by atoms with Crippen molar-refractivity contribution in [3.63, 3.8) is 0 Å². The number of nitrogens with one attached hydrogen (secondary N) is 1. The van der Waals surface area contributed by atoms with Crippen molar-refractivity contribution >= 4 is 11.9 Å². The van der Waals surface area contributed by atoms with Crippen molar-refractivity contribution in [2.24, 2.45) is 0 Å². The molecule has 1 amide bonds. The quantitative estimate of drug-likeness (QED) is 0.549. The summed E-state index contributed by atoms with van der Waals surface area (Å²) in [6, 6.07) is 8.41. The minimum atomic E-state index is -0.758. The zero-order valence-electron chi connectivity index (χ0n) is 16.9. The maximum absolute atomic E-state index is 13.8. The highest BCUT2D eigenvalue weighted by Crippen LogP contribution is 2.27. The number of hydrogen-bond donors (Lipinski definition) is 1. The molecule has 9 heteroatoms. The van der Waals surface area contributed by atoms with Crippen molar-refractivity contribution in [3.05, 3.63) is 71.2 Å². The van der Waals surface area contributed by atoms with Gasteiger partial charge in [0.25, 0.3) is 0 Å². The van der Waals surface area contributed by atoms with Crippen LogP contribution in [0.25, 0.3) is 11.3 Å². The van der Waals surface area contributed by atoms with Crippen LogP contribution >= 0.6 is 0 Å². The lowest BCUT2D eigenvalue weighted by atomic mass is 10.1. The maximum Gasteiger partial charge on any atom is 0.341 e. The largest absolute Gasteiger partial charge is 0.496 e. The predicted octanol–water partition coefficient (Wildman–Crippen LogP) is 3.66. The molecule has 1 N–H and O–H groups in total. The molecule has 3 aromatic rings. The summed E-state index contributed by atoms with van der Waals surface area (Å²) >= 11 is 0. The summed E-state index contributed by atoms with van der Waals surface area (Å²) in [5, 5.41) is 2.73. The van der Waals surface area contributed by atoms with E-state index in [2.05, 4.69) is 10.3 Å². The van der Waals surface area contributed by atoms with Gasteiger partial charge in [-0.2, -0.15) is 0 Å². The molecule has 31 heavy (non-hydrogen) atoms. The molecule has 0 saturated heterocycles. The number of halogens is 2. The SMILES string of the molecule is COC(=O)c1cc(CNC(=O)CCc2ncc(-c3c(F)cccc3F)o2)ccc1OC. The van der Waals surface area contributed by atoms with E-state index in [4.69, 9.17) is 13.9 Å². The highest BCUT2D eigenvalue weighted by Gasteiger charge is 2.17. The van der Waals surface area contributed by atoms with Crippen LogP contribution in [0.4, 0.5) is 8.78 Å². The van der Waals surface area contributed by atoms with Gasteiger partial charge >= 0.3 is 5.97 Å². The van der Waals surface area contributed by atoms with Crippen molar-refractivity contribution < 1.29 is 32.3 Å². The highest BCUT2D eigenvalue weighted by molar-refractivity contribution is 5.92. The van der Waals surface area contributed by atoms with Crippen LogP contribution < -0.4 is 10.1 Å². The van der Waals surface area contributed by atoms with Gasteiger partial charge in [-0.1, -0.05) is 12.1 Å². The van der Waals surface area contributed by atoms with Crippen LogP contribution in [0.3, 0.4) is 0 Å². The molecule has 3 rings (SSSR count). The fraction of sp³-hybridized carbons (Fsp3) is 0.227. The molecule has 2 aromatic carbocycles. The van der Waals surface area contributed by atoms with E-state index >= 15 is 0 Å². The molecule has 0 spiro atoms. The average molecular weight is 430 g/mol. The molecule has 0 bridgehead atoms. The van der Waals surface area contributed by atoms with Gasteiger partial charge in [0.15, 0.2) is 11.7 Å². The van der Waals surface area contributed by atoms with Gasteiger partial charge in [-0.15, -0.1) is 0 Å². The molecular formula is C22H20F2N2O5. The number of hydrogen-bond acceptors (Lipinski definition) is 6. The maximum atomic E-state index is 13.8. The van der Waals surface area contributed by atoms with E-state index < -0.39 is 17.6 Å². The van der Waals surface area contributed by atoms with Crippen molar-refractivity contribution in [2.75, 3.05) is 14.2 Å². The molecule has 0 saturated carbocycles. The van der Waals surface area contributed by atoms with Crippen LogP contribution in [0.2, 0.25) is 0 Å². The fourth-order valence-electron chi connectivity index (χ4n) is 2.92. The number of ether oxygens (including phenoxy) is 2. The Balaban J connectivity index is 1.57. The van der Waals surface area contributed by atoms with E-state index in [1.54, 1.807) is 18.2 Å². The number of amides is 1. The monoisotopic (exact) mass is 430 g/mol. The molecule has 0 atom stereocenters. The van der Waals surface area contributed by atoms with E-state index in [-0.39, 0.29) is 48.1 Å². The van der Waals surface area contributed by atoms with Gasteiger partial charge in [0.05, 0.1) is 26.0 Å². The van der Waals surface area contributed by atoms with Gasteiger partial charge < -0.3 is 19.2 Å². The number of carbonyl (C=O) groups is 2. The summed E-state index contributed by atoms with van der Waals surface area (Å²) in [6.07, 6.45) is 1.43. The Hall–Kier alpha value is -3.75. The Bertz CT molecular complexity index is 1080. The smallest absolute Gasteiger partial charge is 0.341 e. The van der Waals surface area contributed by atoms with Gasteiger partial charge in [-0.3, -0.25) is 4.79 Å². The number of aromatic nitrogens is 1. The number of carbonyl (C=O) groups excluding carboxylic acids is 2. The lowest BCUT2D eigenvalue weighted by Crippen LogP contribution is -2.23. The zero-order chi connectivity index (χ0) is 22.4. The molecular weight excluding hydrogens is 410 g/mol. The molecule has 0 aliphatic carbocycles. The molecule has 1 heterocycles. The minimum Gasteiger partial charge on any atom is -0.496 e. The molecule has 7 nitrogen and oxygen atoms in total. The third-order valence-corrected chi connectivity index (χ3v) is 4.49. The third-order valence-electron chi connectivity index (χ3n) is 4.49. The number of rotatable bonds is 8. The first kappa shape index (κ1) is 21.9. The molecule has 162 valence electrons. The van der Waals surface area contributed by atoms with E-state index in [0.29, 0.717) is 11.3 Å². The van der Waals surface area contributed by atoms with Gasteiger partial charge in [-0.05, 0) is 29.8 Å². The summed E-state index contributed by atoms with van der Waals surface area (Å²) < 4.78 is 42.9. The lowest BCUT2D eigenvalue weighted by Gasteiger charge is -2.10. The van der Waals surface area contributed by atoms with Crippen LogP contribution in [-0.4, -0.2) is 31.1 Å². The molecule has 1 aromatic heterocycles. The Morgan fingerprint density at radius 3 is 2.55 bits per heavy atom. The normalized spacial score (nSPS) is 10.6. The summed E-state index contributed by atoms with van der Waals surface area (Å²) in [7, 11) is 2.71. The summed E-state index contributed by atoms with van der Waals surface area (Å²) in [6.45, 7) is 0.185. The van der Waals surface area contributed by atoms with Crippen molar-refractivity contribution in [2.45, 2.75) is 19.4 Å². The molecule has 0 aliphatic heterocycles. The summed E-state index contributed by atoms with van der Waals surface area (Å²) in [5.41, 5.74) is 0.638. The Labute approximate surface area is 177 Å². The van der Waals surface area contributed by atoms with E-state index in [0.717, 1.165) is 12.1 Å². The number of nitrogens with zero attached hydrogens (tertiary/aromatic N) is 1. The van der Waals surface area contributed by atoms with Crippen molar-refractivity contribution in [3.8, 4) is 17.1 Å². The van der Waals surface area contributed by atoms with Gasteiger partial charge in [0, 0.05) is 19.4 Å². The Morgan fingerprint density at radius 1 is 1.13 bits per heavy atom. The van der Waals surface area contributed by atoms with E-state index in [1.165, 1.54) is 26.5 Å². The standard InChI is InChI=1S/C22H20F2N2O5/c1-29-17-7-6-13(10-14(17)22(28)30-2)11-25-19(27)8-9-20-26-12-18(31-20)21-15(23)4-3-5-16(21)24/h3-7,10,12H,8-9,11H2,1-2H3,(H,25,27). The van der Waals surface area contributed by atoms with Gasteiger partial charge in [0.2, 0.25) is 5.91 Å². The van der Waals surface area contributed by atoms with Crippen LogP contribution in [0, 0.1) is 11.6 Å². The first-order chi connectivity index (χ1) is 14.9. The minimum absolute atomic E-state index is 0.0421. The topological polar surface area (TPSA) is 90.7 Å². The van der Waals surface area contributed by atoms with E-state index in [9.17, 15) is 18.4 Å². The third kappa shape index (κ3) is 5.25. The summed E-state index contributed by atoms with van der Waals surface area (Å²) in [4.78, 5) is 28.0. The first-order valence-corrected chi connectivity index (χ1v) is 9.34. The van der Waals surface area contributed by atoms with Gasteiger partial charge in [-0.25, -0.2) is 18.6 Å². The second-order valence-corrected chi connectivity index (χ2v) is 6.52. The number of esters is 1. The zero-order valence-corrected chi connectivity index (χ0v) is 16.9. The molecule has 0 radical (unpaired) electrons. The number of oxazole rings is 1. The lowest BCUT2D eigenvalue weighted by molar-refractivity contribution is -0.121. The summed E-state index contributed by atoms with van der Waals surface area (Å²) in [5.74, 6) is -1.83. The average Bonchev–Trinajstić information content (AvgIpc) is 3.23. The highest BCUT2D eigenvalue weighted by atomic mass is 19.1. The first-order valence-electron chi connectivity index (χ1n) is 9.34. The number of benzene rings is 2. The fourth-order valence-corrected chi connectivity index (χ4v) is 2.92. The number of aryl methyl sites for hydroxylation is 1.